The van der Waals surface area contributed by atoms with Crippen molar-refractivity contribution in [2.45, 2.75) is 27.1 Å². The Morgan fingerprint density at radius 1 is 1.00 bits per heavy atom. The number of nitrogens with zero attached hydrogens (tertiary/aromatic N) is 2. The highest BCUT2D eigenvalue weighted by Gasteiger charge is 2.11. The number of rotatable bonds is 9. The summed E-state index contributed by atoms with van der Waals surface area (Å²) in [5.41, 5.74) is 4.44. The van der Waals surface area contributed by atoms with Gasteiger partial charge in [0, 0.05) is 15.6 Å². The number of oxime groups is 1. The largest absolute Gasteiger partial charge is 0.490 e. The highest BCUT2D eigenvalue weighted by atomic mass is 79.9. The third-order valence-corrected chi connectivity index (χ3v) is 5.15. The van der Waals surface area contributed by atoms with E-state index < -0.39 is 0 Å². The Kier molecular flexibility index (Phi) is 8.08. The molecule has 0 saturated heterocycles. The molecule has 0 fully saturated rings. The Morgan fingerprint density at radius 2 is 1.81 bits per heavy atom. The number of halogens is 1. The van der Waals surface area contributed by atoms with E-state index in [4.69, 9.17) is 19.6 Å². The highest BCUT2D eigenvalue weighted by molar-refractivity contribution is 9.10. The molecular formula is C25H23BrN2O3. The van der Waals surface area contributed by atoms with Crippen LogP contribution < -0.4 is 9.47 Å². The van der Waals surface area contributed by atoms with Crippen molar-refractivity contribution in [2.75, 3.05) is 6.61 Å². The Hall–Kier alpha value is -3.30. The quantitative estimate of drug-likeness (QED) is 0.273. The molecule has 158 valence electrons. The van der Waals surface area contributed by atoms with E-state index in [1.54, 1.807) is 12.3 Å². The molecule has 5 nitrogen and oxygen atoms in total. The van der Waals surface area contributed by atoms with Gasteiger partial charge >= 0.3 is 0 Å². The molecule has 0 heterocycles. The minimum atomic E-state index is 0.216. The zero-order valence-corrected chi connectivity index (χ0v) is 19.1. The number of ether oxygens (including phenoxy) is 2. The van der Waals surface area contributed by atoms with Gasteiger partial charge in [0.1, 0.15) is 13.2 Å². The number of benzene rings is 3. The fourth-order valence-electron chi connectivity index (χ4n) is 2.95. The molecular weight excluding hydrogens is 456 g/mol. The average Bonchev–Trinajstić information content (AvgIpc) is 2.77. The molecule has 3 aromatic rings. The van der Waals surface area contributed by atoms with Crippen LogP contribution in [-0.4, -0.2) is 12.8 Å². The van der Waals surface area contributed by atoms with Crippen LogP contribution in [0, 0.1) is 18.3 Å². The second-order valence-corrected chi connectivity index (χ2v) is 7.66. The van der Waals surface area contributed by atoms with Gasteiger partial charge in [-0.3, -0.25) is 0 Å². The summed E-state index contributed by atoms with van der Waals surface area (Å²) in [7, 11) is 0. The Labute approximate surface area is 191 Å². The van der Waals surface area contributed by atoms with Crippen LogP contribution in [0.5, 0.6) is 11.5 Å². The molecule has 0 radical (unpaired) electrons. The Bertz CT molecular complexity index is 1110. The van der Waals surface area contributed by atoms with Gasteiger partial charge in [-0.15, -0.1) is 0 Å². The fourth-order valence-corrected chi connectivity index (χ4v) is 3.37. The maximum Gasteiger partial charge on any atom is 0.162 e. The first-order chi connectivity index (χ1) is 15.1. The van der Waals surface area contributed by atoms with Crippen molar-refractivity contribution in [1.29, 1.82) is 5.26 Å². The molecule has 0 unspecified atom stereocenters. The third-order valence-electron chi connectivity index (χ3n) is 4.46. The van der Waals surface area contributed by atoms with Gasteiger partial charge in [0.15, 0.2) is 11.5 Å². The zero-order valence-electron chi connectivity index (χ0n) is 17.5. The van der Waals surface area contributed by atoms with Crippen molar-refractivity contribution in [3.05, 3.63) is 93.0 Å². The lowest BCUT2D eigenvalue weighted by molar-refractivity contribution is 0.132. The molecule has 0 saturated carbocycles. The van der Waals surface area contributed by atoms with Crippen LogP contribution in [0.4, 0.5) is 0 Å². The first kappa shape index (κ1) is 22.4. The van der Waals surface area contributed by atoms with Crippen LogP contribution in [0.2, 0.25) is 0 Å². The topological polar surface area (TPSA) is 63.8 Å². The Morgan fingerprint density at radius 3 is 2.58 bits per heavy atom. The molecule has 0 aliphatic heterocycles. The van der Waals surface area contributed by atoms with Crippen molar-refractivity contribution >= 4 is 22.1 Å². The van der Waals surface area contributed by atoms with Crippen LogP contribution >= 0.6 is 15.9 Å². The number of hydrogen-bond donors (Lipinski definition) is 0. The predicted molar refractivity (Wildman–Crippen MR) is 124 cm³/mol. The van der Waals surface area contributed by atoms with Gasteiger partial charge in [-0.1, -0.05) is 53.2 Å². The van der Waals surface area contributed by atoms with Crippen LogP contribution in [-0.2, 0) is 18.1 Å². The molecule has 0 atom stereocenters. The summed E-state index contributed by atoms with van der Waals surface area (Å²) in [4.78, 5) is 5.39. The summed E-state index contributed by atoms with van der Waals surface area (Å²) in [6.45, 7) is 5.16. The lowest BCUT2D eigenvalue weighted by Gasteiger charge is -2.14. The average molecular weight is 479 g/mol. The van der Waals surface area contributed by atoms with Gasteiger partial charge < -0.3 is 14.3 Å². The molecule has 0 spiro atoms. The van der Waals surface area contributed by atoms with Crippen molar-refractivity contribution in [2.24, 2.45) is 5.16 Å². The lowest BCUT2D eigenvalue weighted by atomic mass is 10.1. The van der Waals surface area contributed by atoms with Crippen molar-refractivity contribution < 1.29 is 14.3 Å². The highest BCUT2D eigenvalue weighted by Crippen LogP contribution is 2.34. The second-order valence-electron chi connectivity index (χ2n) is 6.81. The Balaban J connectivity index is 1.70. The summed E-state index contributed by atoms with van der Waals surface area (Å²) in [6, 6.07) is 21.4. The molecule has 0 aromatic heterocycles. The third kappa shape index (κ3) is 6.34. The fraction of sp³-hybridized carbons (Fsp3) is 0.200. The predicted octanol–water partition coefficient (Wildman–Crippen LogP) is 6.16. The molecule has 3 aromatic carbocycles. The van der Waals surface area contributed by atoms with Gasteiger partial charge in [-0.2, -0.15) is 5.26 Å². The maximum absolute atomic E-state index is 9.15. The summed E-state index contributed by atoms with van der Waals surface area (Å²) in [5, 5.41) is 13.2. The van der Waals surface area contributed by atoms with Crippen molar-refractivity contribution in [1.82, 2.24) is 0 Å². The van der Waals surface area contributed by atoms with Gasteiger partial charge in [0.05, 0.1) is 24.5 Å². The van der Waals surface area contributed by atoms with E-state index >= 15 is 0 Å². The van der Waals surface area contributed by atoms with Crippen molar-refractivity contribution in [3.63, 3.8) is 0 Å². The smallest absolute Gasteiger partial charge is 0.162 e. The molecule has 0 amide bonds. The zero-order chi connectivity index (χ0) is 22.1. The molecule has 6 heteroatoms. The first-order valence-corrected chi connectivity index (χ1v) is 10.7. The van der Waals surface area contributed by atoms with Crippen molar-refractivity contribution in [3.8, 4) is 17.6 Å². The van der Waals surface area contributed by atoms with Gasteiger partial charge in [-0.05, 0) is 53.5 Å². The molecule has 31 heavy (non-hydrogen) atoms. The second kappa shape index (κ2) is 11.2. The van der Waals surface area contributed by atoms with E-state index in [2.05, 4.69) is 46.2 Å². The van der Waals surface area contributed by atoms with E-state index in [1.165, 1.54) is 5.56 Å². The molecule has 0 aliphatic rings. The maximum atomic E-state index is 9.15. The van der Waals surface area contributed by atoms with Crippen LogP contribution in [0.25, 0.3) is 0 Å². The molecule has 0 aliphatic carbocycles. The normalized spacial score (nSPS) is 10.6. The molecule has 3 rings (SSSR count). The SMILES string of the molecule is CCOc1cc(/C=N\OCc2ccccc2C#N)c(Br)cc1OCc1cccc(C)c1. The summed E-state index contributed by atoms with van der Waals surface area (Å²) < 4.78 is 12.6. The molecule has 0 bridgehead atoms. The van der Waals surface area contributed by atoms with E-state index in [9.17, 15) is 0 Å². The van der Waals surface area contributed by atoms with Crippen LogP contribution in [0.15, 0.2) is 70.3 Å². The summed E-state index contributed by atoms with van der Waals surface area (Å²) in [6.07, 6.45) is 1.60. The van der Waals surface area contributed by atoms with Crippen LogP contribution in [0.1, 0.15) is 34.7 Å². The van der Waals surface area contributed by atoms with Gasteiger partial charge in [0.2, 0.25) is 0 Å². The van der Waals surface area contributed by atoms with Crippen LogP contribution in [0.3, 0.4) is 0 Å². The number of nitriles is 1. The van der Waals surface area contributed by atoms with E-state index in [1.807, 2.05) is 49.4 Å². The molecule has 0 N–H and O–H groups in total. The van der Waals surface area contributed by atoms with E-state index in [-0.39, 0.29) is 6.61 Å². The minimum absolute atomic E-state index is 0.216. The lowest BCUT2D eigenvalue weighted by Crippen LogP contribution is -2.01. The van der Waals surface area contributed by atoms with Gasteiger partial charge in [-0.25, -0.2) is 0 Å². The monoisotopic (exact) mass is 478 g/mol. The number of aryl methyl sites for hydroxylation is 1. The number of hydrogen-bond acceptors (Lipinski definition) is 5. The first-order valence-electron chi connectivity index (χ1n) is 9.88. The standard InChI is InChI=1S/C25H23BrN2O3/c1-3-29-24-12-22(15-28-31-17-21-10-5-4-9-20(21)14-27)23(26)13-25(24)30-16-19-8-6-7-18(2)11-19/h4-13,15H,3,16-17H2,1-2H3/b28-15-. The van der Waals surface area contributed by atoms with Gasteiger partial charge in [0.25, 0.3) is 0 Å². The summed E-state index contributed by atoms with van der Waals surface area (Å²) >= 11 is 3.56. The minimum Gasteiger partial charge on any atom is -0.490 e. The van der Waals surface area contributed by atoms with E-state index in [0.717, 1.165) is 21.2 Å². The van der Waals surface area contributed by atoms with E-state index in [0.29, 0.717) is 30.3 Å². The summed E-state index contributed by atoms with van der Waals surface area (Å²) in [5.74, 6) is 1.28.